The minimum absolute atomic E-state index is 0.0314. The van der Waals surface area contributed by atoms with E-state index in [1.54, 1.807) is 13.8 Å². The van der Waals surface area contributed by atoms with Gasteiger partial charge in [-0.3, -0.25) is 14.4 Å². The zero-order valence-corrected chi connectivity index (χ0v) is 27.2. The fraction of sp³-hybridized carbons (Fsp3) is 0.545. The molecule has 2 fully saturated rings. The van der Waals surface area contributed by atoms with Crippen LogP contribution in [0, 0.1) is 0 Å². The van der Waals surface area contributed by atoms with Gasteiger partial charge in [-0.15, -0.1) is 0 Å². The van der Waals surface area contributed by atoms with E-state index in [1.165, 1.54) is 32.2 Å². The van der Waals surface area contributed by atoms with Gasteiger partial charge in [-0.05, 0) is 32.4 Å². The predicted octanol–water partition coefficient (Wildman–Crippen LogP) is 2.23. The van der Waals surface area contributed by atoms with E-state index in [0.717, 1.165) is 0 Å². The SMILES string of the molecule is COc1cccc2c1C(=O)c1c(O)c3c(c(O)c1C2=O)C[C@@](O)(C(C)=O)C[C@@H]3OC1CC(N)C(OC2CC(N=[N+]=[N-])C(O)C(C)O2)C(C)O1. The molecule has 4 aliphatic rings. The molecule has 2 heterocycles. The number of methoxy groups -OCH3 is 1. The Balaban J connectivity index is 1.31. The quantitative estimate of drug-likeness (QED) is 0.104. The summed E-state index contributed by atoms with van der Waals surface area (Å²) >= 11 is 0. The van der Waals surface area contributed by atoms with Gasteiger partial charge in [0.05, 0.1) is 54.3 Å². The lowest BCUT2D eigenvalue weighted by molar-refractivity contribution is -0.294. The van der Waals surface area contributed by atoms with E-state index >= 15 is 0 Å². The van der Waals surface area contributed by atoms with Crippen LogP contribution in [0.4, 0.5) is 0 Å². The molecule has 2 aliphatic carbocycles. The van der Waals surface area contributed by atoms with Crippen LogP contribution in [0.2, 0.25) is 0 Å². The van der Waals surface area contributed by atoms with Gasteiger partial charge in [0.2, 0.25) is 5.78 Å². The Morgan fingerprint density at radius 3 is 2.37 bits per heavy atom. The Labute approximate surface area is 280 Å². The molecule has 0 bridgehead atoms. The molecule has 6 N–H and O–H groups in total. The Morgan fingerprint density at radius 1 is 1.04 bits per heavy atom. The van der Waals surface area contributed by atoms with Crippen LogP contribution in [0.15, 0.2) is 23.3 Å². The number of carbonyl (C=O) groups is 3. The van der Waals surface area contributed by atoms with Crippen molar-refractivity contribution in [2.45, 2.75) is 107 Å². The number of aliphatic hydroxyl groups excluding tert-OH is 1. The second-order valence-electron chi connectivity index (χ2n) is 13.0. The van der Waals surface area contributed by atoms with Gasteiger partial charge < -0.3 is 49.8 Å². The molecule has 2 aliphatic heterocycles. The number of nitrogens with two attached hydrogens (primary N) is 1. The molecule has 0 radical (unpaired) electrons. The molecule has 0 amide bonds. The number of ketones is 3. The van der Waals surface area contributed by atoms with Crippen molar-refractivity contribution in [1.82, 2.24) is 0 Å². The number of fused-ring (bicyclic) bond motifs is 3. The minimum atomic E-state index is -2.06. The highest BCUT2D eigenvalue weighted by molar-refractivity contribution is 6.31. The lowest BCUT2D eigenvalue weighted by atomic mass is 9.72. The molecule has 6 rings (SSSR count). The first-order valence-corrected chi connectivity index (χ1v) is 15.9. The fourth-order valence-electron chi connectivity index (χ4n) is 7.33. The van der Waals surface area contributed by atoms with Crippen molar-refractivity contribution in [3.63, 3.8) is 0 Å². The predicted molar refractivity (Wildman–Crippen MR) is 167 cm³/mol. The summed E-state index contributed by atoms with van der Waals surface area (Å²) in [6.45, 7) is 4.48. The van der Waals surface area contributed by atoms with Crippen molar-refractivity contribution in [2.75, 3.05) is 7.11 Å². The van der Waals surface area contributed by atoms with Crippen molar-refractivity contribution < 1.29 is 58.5 Å². The first-order chi connectivity index (χ1) is 23.2. The van der Waals surface area contributed by atoms with Gasteiger partial charge in [0.25, 0.3) is 0 Å². The monoisotopic (exact) mass is 682 g/mol. The van der Waals surface area contributed by atoms with Gasteiger partial charge in [-0.25, -0.2) is 0 Å². The van der Waals surface area contributed by atoms with Crippen LogP contribution in [0.25, 0.3) is 10.4 Å². The minimum Gasteiger partial charge on any atom is -0.507 e. The van der Waals surface area contributed by atoms with Gasteiger partial charge in [0.15, 0.2) is 24.1 Å². The average molecular weight is 683 g/mol. The maximum Gasteiger partial charge on any atom is 0.202 e. The van der Waals surface area contributed by atoms with Crippen LogP contribution in [-0.2, 0) is 30.2 Å². The fourth-order valence-corrected chi connectivity index (χ4v) is 7.33. The van der Waals surface area contributed by atoms with Crippen LogP contribution in [-0.4, -0.2) is 99.6 Å². The second kappa shape index (κ2) is 13.0. The van der Waals surface area contributed by atoms with Crippen molar-refractivity contribution in [2.24, 2.45) is 10.8 Å². The van der Waals surface area contributed by atoms with Crippen LogP contribution in [0.5, 0.6) is 17.2 Å². The number of Topliss-reactive ketones (excluding diaryl/α,β-unsaturated/α-hetero) is 1. The summed E-state index contributed by atoms with van der Waals surface area (Å²) in [5.74, 6) is -3.34. The molecule has 49 heavy (non-hydrogen) atoms. The third kappa shape index (κ3) is 5.83. The number of azide groups is 1. The standard InChI is InChI=1S/C33H38N4O12/c1-12-27(39)18(36-37-35)9-22(46-12)49-32-13(2)47-21(8-17(32)34)48-20-11-33(44,14(3)38)10-16-24(20)31(43)26-25(29(16)41)28(40)15-6-5-7-19(45-4)23(15)30(26)42/h5-7,12-13,17-18,20-22,27,32,39,41,43-44H,8-11,34H2,1-4H3/t12?,13?,17?,18?,20-,21?,22?,27?,32?,33-/m0/s1. The average Bonchev–Trinajstić information content (AvgIpc) is 3.05. The summed E-state index contributed by atoms with van der Waals surface area (Å²) in [7, 11) is 1.33. The molecule has 2 aromatic rings. The van der Waals surface area contributed by atoms with E-state index in [2.05, 4.69) is 10.0 Å². The highest BCUT2D eigenvalue weighted by Gasteiger charge is 2.50. The number of benzene rings is 2. The third-order valence-electron chi connectivity index (χ3n) is 9.95. The van der Waals surface area contributed by atoms with Crippen LogP contribution >= 0.6 is 0 Å². The van der Waals surface area contributed by atoms with Crippen LogP contribution < -0.4 is 10.5 Å². The van der Waals surface area contributed by atoms with Gasteiger partial charge in [-0.2, -0.15) is 0 Å². The zero-order valence-electron chi connectivity index (χ0n) is 27.2. The lowest BCUT2D eigenvalue weighted by Crippen LogP contribution is -2.56. The number of hydrogen-bond acceptors (Lipinski definition) is 14. The molecule has 16 heteroatoms. The first-order valence-electron chi connectivity index (χ1n) is 15.9. The number of aliphatic hydroxyl groups is 2. The summed E-state index contributed by atoms with van der Waals surface area (Å²) in [6, 6.07) is 2.93. The third-order valence-corrected chi connectivity index (χ3v) is 9.95. The maximum absolute atomic E-state index is 13.9. The van der Waals surface area contributed by atoms with Gasteiger partial charge in [0, 0.05) is 53.3 Å². The Hall–Kier alpha value is -4.12. The Kier molecular flexibility index (Phi) is 9.19. The second-order valence-corrected chi connectivity index (χ2v) is 13.0. The Morgan fingerprint density at radius 2 is 1.71 bits per heavy atom. The highest BCUT2D eigenvalue weighted by Crippen LogP contribution is 2.52. The normalized spacial score (nSPS) is 33.9. The van der Waals surface area contributed by atoms with Crippen molar-refractivity contribution in [3.05, 3.63) is 62.0 Å². The molecule has 2 saturated heterocycles. The zero-order chi connectivity index (χ0) is 35.5. The van der Waals surface area contributed by atoms with E-state index in [9.17, 15) is 34.8 Å². The Bertz CT molecular complexity index is 1750. The maximum atomic E-state index is 13.9. The van der Waals surface area contributed by atoms with Crippen molar-refractivity contribution >= 4 is 17.3 Å². The molecule has 10 atom stereocenters. The summed E-state index contributed by atoms with van der Waals surface area (Å²) in [4.78, 5) is 43.1. The molecular weight excluding hydrogens is 644 g/mol. The number of nitrogens with zero attached hydrogens (tertiary/aromatic N) is 3. The van der Waals surface area contributed by atoms with E-state index < -0.39 is 107 Å². The number of carbonyl (C=O) groups excluding carboxylic acids is 3. The van der Waals surface area contributed by atoms with E-state index in [1.807, 2.05) is 0 Å². The first kappa shape index (κ1) is 34.7. The number of rotatable bonds is 7. The number of aromatic hydroxyl groups is 2. The summed E-state index contributed by atoms with van der Waals surface area (Å²) in [5.41, 5.74) is 12.1. The molecule has 16 nitrogen and oxygen atoms in total. The summed E-state index contributed by atoms with van der Waals surface area (Å²) < 4.78 is 29.6. The summed E-state index contributed by atoms with van der Waals surface area (Å²) in [6.07, 6.45) is -7.08. The lowest BCUT2D eigenvalue weighted by Gasteiger charge is -2.44. The molecule has 262 valence electrons. The largest absolute Gasteiger partial charge is 0.507 e. The molecule has 0 aromatic heterocycles. The van der Waals surface area contributed by atoms with Gasteiger partial charge >= 0.3 is 0 Å². The van der Waals surface area contributed by atoms with E-state index in [-0.39, 0.29) is 47.3 Å². The molecular formula is C33H38N4O12. The topological polar surface area (TPSA) is 253 Å². The van der Waals surface area contributed by atoms with Crippen LogP contribution in [0.1, 0.15) is 89.1 Å². The number of phenols is 2. The molecule has 0 spiro atoms. The number of hydrogen-bond donors (Lipinski definition) is 5. The van der Waals surface area contributed by atoms with Crippen molar-refractivity contribution in [1.29, 1.82) is 0 Å². The molecule has 0 saturated carbocycles. The number of phenolic OH excluding ortho intramolecular Hbond substituents is 2. The van der Waals surface area contributed by atoms with Crippen molar-refractivity contribution in [3.8, 4) is 17.2 Å². The van der Waals surface area contributed by atoms with Gasteiger partial charge in [0.1, 0.15) is 29.0 Å². The highest BCUT2D eigenvalue weighted by atomic mass is 16.7. The van der Waals surface area contributed by atoms with E-state index in [0.29, 0.717) is 0 Å². The number of ether oxygens (including phenoxy) is 5. The van der Waals surface area contributed by atoms with E-state index in [4.69, 9.17) is 34.9 Å². The smallest absolute Gasteiger partial charge is 0.202 e. The summed E-state index contributed by atoms with van der Waals surface area (Å²) in [5, 5.41) is 48.6. The molecule has 2 aromatic carbocycles. The van der Waals surface area contributed by atoms with Crippen LogP contribution in [0.3, 0.4) is 0 Å². The molecule has 8 unspecified atom stereocenters. The van der Waals surface area contributed by atoms with Gasteiger partial charge in [-0.1, -0.05) is 17.2 Å².